The Bertz CT molecular complexity index is 3190. The van der Waals surface area contributed by atoms with E-state index < -0.39 is 48.3 Å². The lowest BCUT2D eigenvalue weighted by Crippen LogP contribution is -1.91. The predicted octanol–water partition coefficient (Wildman–Crippen LogP) is 12.0. The van der Waals surface area contributed by atoms with Gasteiger partial charge in [0.05, 0.1) is 19.2 Å². The van der Waals surface area contributed by atoms with E-state index >= 15 is 0 Å². The first kappa shape index (κ1) is 14.0. The minimum atomic E-state index is -0.574. The van der Waals surface area contributed by atoms with E-state index in [0.29, 0.717) is 21.9 Å². The van der Waals surface area contributed by atoms with Crippen LogP contribution in [0.1, 0.15) is 19.2 Å². The Morgan fingerprint density at radius 2 is 0.907 bits per heavy atom. The Balaban J connectivity index is 1.33. The molecule has 0 fully saturated rings. The fourth-order valence-corrected chi connectivity index (χ4v) is 5.89. The Morgan fingerprint density at radius 1 is 0.372 bits per heavy atom. The van der Waals surface area contributed by atoms with Crippen LogP contribution in [0.3, 0.4) is 0 Å². The van der Waals surface area contributed by atoms with Crippen LogP contribution in [0.4, 0.5) is 0 Å². The maximum Gasteiger partial charge on any atom is 0.136 e. The summed E-state index contributed by atoms with van der Waals surface area (Å²) in [5, 5.41) is 2.21. The van der Waals surface area contributed by atoms with Gasteiger partial charge in [0, 0.05) is 10.8 Å². The summed E-state index contributed by atoms with van der Waals surface area (Å²) in [4.78, 5) is 0. The molecule has 0 amide bonds. The van der Waals surface area contributed by atoms with Gasteiger partial charge in [-0.05, 0) is 89.9 Å². The molecule has 1 aromatic heterocycles. The van der Waals surface area contributed by atoms with E-state index in [2.05, 4.69) is 0 Å². The van der Waals surface area contributed by atoms with Gasteiger partial charge in [-0.15, -0.1) is 0 Å². The zero-order valence-electron chi connectivity index (χ0n) is 36.3. The van der Waals surface area contributed by atoms with Crippen molar-refractivity contribution in [3.63, 3.8) is 0 Å². The molecule has 0 unspecified atom stereocenters. The second-order valence-electron chi connectivity index (χ2n) is 10.2. The average Bonchev–Trinajstić information content (AvgIpc) is 3.63. The molecule has 0 aliphatic heterocycles. The van der Waals surface area contributed by atoms with Crippen LogP contribution in [0.2, 0.25) is 0 Å². The monoisotopic (exact) mass is 560 g/mol. The fraction of sp³-hybridized carbons (Fsp3) is 0. The largest absolute Gasteiger partial charge is 0.456 e. The van der Waals surface area contributed by atoms with Crippen LogP contribution in [0.15, 0.2) is 162 Å². The third-order valence-electron chi connectivity index (χ3n) is 7.78. The van der Waals surface area contributed by atoms with E-state index in [4.69, 9.17) is 19.5 Å². The van der Waals surface area contributed by atoms with E-state index in [1.165, 1.54) is 0 Å². The van der Waals surface area contributed by atoms with Gasteiger partial charge in [0.2, 0.25) is 0 Å². The number of hydrogen-bond donors (Lipinski definition) is 0. The molecule has 0 aliphatic rings. The lowest BCUT2D eigenvalue weighted by Gasteiger charge is -2.18. The van der Waals surface area contributed by atoms with Crippen molar-refractivity contribution in [2.75, 3.05) is 0 Å². The van der Waals surface area contributed by atoms with E-state index in [9.17, 15) is 4.11 Å². The number of hydrogen-bond acceptors (Lipinski definition) is 1. The Kier molecular flexibility index (Phi) is 3.07. The molecule has 0 atom stereocenters. The summed E-state index contributed by atoms with van der Waals surface area (Å²) in [6.07, 6.45) is 0. The molecule has 0 radical (unpaired) electrons. The fourth-order valence-electron chi connectivity index (χ4n) is 5.89. The van der Waals surface area contributed by atoms with Crippen LogP contribution in [-0.2, 0) is 0 Å². The highest BCUT2D eigenvalue weighted by Gasteiger charge is 2.18. The number of rotatable bonds is 3. The first-order valence-corrected chi connectivity index (χ1v) is 13.6. The highest BCUT2D eigenvalue weighted by atomic mass is 16.3. The molecule has 0 saturated carbocycles. The highest BCUT2D eigenvalue weighted by molar-refractivity contribution is 6.22. The van der Waals surface area contributed by atoms with Crippen molar-refractivity contribution in [1.82, 2.24) is 0 Å². The zero-order valence-corrected chi connectivity index (χ0v) is 22.3. The first-order chi connectivity index (χ1) is 27.2. The summed E-state index contributed by atoms with van der Waals surface area (Å²) in [7, 11) is 0. The Labute approximate surface area is 268 Å². The molecule has 9 aromatic rings. The van der Waals surface area contributed by atoms with Gasteiger partial charge in [0.25, 0.3) is 0 Å². The summed E-state index contributed by atoms with van der Waals surface area (Å²) in [6.45, 7) is 0. The number of benzene rings is 8. The van der Waals surface area contributed by atoms with Crippen LogP contribution >= 0.6 is 0 Å². The molecule has 0 spiro atoms. The van der Waals surface area contributed by atoms with Crippen molar-refractivity contribution in [3.8, 4) is 33.4 Å². The third kappa shape index (κ3) is 3.79. The minimum Gasteiger partial charge on any atom is -0.456 e. The maximum atomic E-state index is 9.55. The minimum absolute atomic E-state index is 0.0685. The Hall–Kier alpha value is -5.66. The molecule has 1 heteroatoms. The Morgan fingerprint density at radius 3 is 1.56 bits per heavy atom. The second-order valence-corrected chi connectivity index (χ2v) is 10.2. The third-order valence-corrected chi connectivity index (χ3v) is 7.78. The molecule has 200 valence electrons. The maximum absolute atomic E-state index is 9.55. The second kappa shape index (κ2) is 9.44. The SMILES string of the molecule is [2H]c1c([2H])c([2H])c(-c2ccc(-c3c4ccccc4c(-c4c([2H])c([2H])c5c(oc6c([2H])c7c([2H])c([2H])c([2H])c([2H])c7c([2H])c65)c4[2H])c4ccccc34)cc2)c([2H])c1[2H]. The summed E-state index contributed by atoms with van der Waals surface area (Å²) >= 11 is 0. The highest BCUT2D eigenvalue weighted by Crippen LogP contribution is 2.45. The molecule has 1 heterocycles. The topological polar surface area (TPSA) is 13.1 Å². The van der Waals surface area contributed by atoms with Crippen molar-refractivity contribution in [2.45, 2.75) is 0 Å². The van der Waals surface area contributed by atoms with Crippen LogP contribution in [0.5, 0.6) is 0 Å². The van der Waals surface area contributed by atoms with Crippen molar-refractivity contribution in [3.05, 3.63) is 157 Å². The van der Waals surface area contributed by atoms with E-state index in [0.717, 1.165) is 21.9 Å². The molecule has 0 saturated heterocycles. The van der Waals surface area contributed by atoms with Crippen LogP contribution in [0.25, 0.3) is 87.6 Å². The van der Waals surface area contributed by atoms with Gasteiger partial charge < -0.3 is 4.42 Å². The molecule has 43 heavy (non-hydrogen) atoms. The predicted molar refractivity (Wildman–Crippen MR) is 183 cm³/mol. The lowest BCUT2D eigenvalue weighted by atomic mass is 9.85. The van der Waals surface area contributed by atoms with Gasteiger partial charge in [0.1, 0.15) is 11.2 Å². The molecular weight excluding hydrogens is 520 g/mol. The quantitative estimate of drug-likeness (QED) is 0.196. The van der Waals surface area contributed by atoms with Crippen LogP contribution in [-0.4, -0.2) is 0 Å². The normalized spacial score (nSPS) is 16.3. The van der Waals surface area contributed by atoms with E-state index in [1.807, 2.05) is 60.7 Å². The van der Waals surface area contributed by atoms with Crippen molar-refractivity contribution >= 4 is 54.3 Å². The van der Waals surface area contributed by atoms with Crippen molar-refractivity contribution in [2.24, 2.45) is 0 Å². The molecule has 8 aromatic carbocycles. The molecule has 1 nitrogen and oxygen atoms in total. The van der Waals surface area contributed by atoms with Gasteiger partial charge >= 0.3 is 0 Å². The zero-order chi connectivity index (χ0) is 40.5. The summed E-state index contributed by atoms with van der Waals surface area (Å²) < 4.78 is 127. The van der Waals surface area contributed by atoms with E-state index in [-0.39, 0.29) is 80.1 Å². The molecule has 0 bridgehead atoms. The van der Waals surface area contributed by atoms with Gasteiger partial charge in [-0.2, -0.15) is 0 Å². The summed E-state index contributed by atoms with van der Waals surface area (Å²) in [5.74, 6) is 0. The molecule has 9 rings (SSSR count). The van der Waals surface area contributed by atoms with E-state index in [1.54, 1.807) is 12.1 Å². The smallest absolute Gasteiger partial charge is 0.136 e. The summed E-state index contributed by atoms with van der Waals surface area (Å²) in [6, 6.07) is 16.0. The standard InChI is InChI=1S/C42H26O/c1-2-10-27(11-3-1)28-18-20-29(21-19-28)41-34-14-6-8-16-36(34)42(37-17-9-7-15-35(37)41)32-22-23-33-38-24-30-12-4-5-13-31(30)25-40(38)43-39(33)26-32/h1-26H/i1D,2D,3D,4D,5D,10D,11D,12D,13D,22D,23D,24D,25D,26D. The van der Waals surface area contributed by atoms with Gasteiger partial charge in [-0.3, -0.25) is 0 Å². The van der Waals surface area contributed by atoms with Crippen LogP contribution in [0, 0.1) is 0 Å². The van der Waals surface area contributed by atoms with Gasteiger partial charge in [0.15, 0.2) is 0 Å². The van der Waals surface area contributed by atoms with Gasteiger partial charge in [-0.1, -0.05) is 133 Å². The van der Waals surface area contributed by atoms with Crippen molar-refractivity contribution in [1.29, 1.82) is 0 Å². The molecular formula is C42H26O. The molecule has 0 aliphatic carbocycles. The lowest BCUT2D eigenvalue weighted by molar-refractivity contribution is 0.669. The van der Waals surface area contributed by atoms with Crippen molar-refractivity contribution < 1.29 is 23.6 Å². The first-order valence-electron chi connectivity index (χ1n) is 20.6. The number of furan rings is 1. The van der Waals surface area contributed by atoms with Crippen LogP contribution < -0.4 is 0 Å². The molecule has 0 N–H and O–H groups in total. The van der Waals surface area contributed by atoms with Gasteiger partial charge in [-0.25, -0.2) is 0 Å². The average molecular weight is 561 g/mol. The number of fused-ring (bicyclic) bond motifs is 6. The summed E-state index contributed by atoms with van der Waals surface area (Å²) in [5.41, 5.74) is 2.26.